The maximum atomic E-state index is 9.37. The molecule has 0 spiro atoms. The molecule has 94 valence electrons. The van der Waals surface area contributed by atoms with Crippen LogP contribution in [0.3, 0.4) is 0 Å². The fraction of sp³-hybridized carbons (Fsp3) is 0.200. The Morgan fingerprint density at radius 2 is 1.61 bits per heavy atom. The van der Waals surface area contributed by atoms with E-state index in [9.17, 15) is 5.11 Å². The van der Waals surface area contributed by atoms with Crippen LogP contribution in [0, 0.1) is 0 Å². The maximum absolute atomic E-state index is 9.37. The van der Waals surface area contributed by atoms with E-state index < -0.39 is 6.10 Å². The summed E-state index contributed by atoms with van der Waals surface area (Å²) in [6.07, 6.45) is -0.742. The topological polar surface area (TPSA) is 52.5 Å². The monoisotopic (exact) mass is 243 g/mol. The van der Waals surface area contributed by atoms with Gasteiger partial charge in [0, 0.05) is 17.8 Å². The third-order valence-electron chi connectivity index (χ3n) is 2.75. The molecule has 1 unspecified atom stereocenters. The van der Waals surface area contributed by atoms with Crippen LogP contribution in [0.25, 0.3) is 11.1 Å². The van der Waals surface area contributed by atoms with Crippen LogP contribution in [0.1, 0.15) is 0 Å². The van der Waals surface area contributed by atoms with Crippen LogP contribution in [-0.4, -0.2) is 29.5 Å². The van der Waals surface area contributed by atoms with E-state index in [0.717, 1.165) is 16.8 Å². The lowest BCUT2D eigenvalue weighted by Crippen LogP contribution is -2.23. The Bertz CT molecular complexity index is 485. The van der Waals surface area contributed by atoms with Gasteiger partial charge in [-0.15, -0.1) is 0 Å². The molecule has 2 aromatic rings. The third-order valence-corrected chi connectivity index (χ3v) is 2.75. The molecule has 0 fully saturated rings. The largest absolute Gasteiger partial charge is 0.394 e. The van der Waals surface area contributed by atoms with Crippen molar-refractivity contribution in [2.45, 2.75) is 6.10 Å². The number of hydrogen-bond donors (Lipinski definition) is 3. The smallest absolute Gasteiger partial charge is 0.0942 e. The number of aliphatic hydroxyl groups excluding tert-OH is 2. The van der Waals surface area contributed by atoms with E-state index in [1.165, 1.54) is 0 Å². The molecule has 3 N–H and O–H groups in total. The van der Waals surface area contributed by atoms with Crippen LogP contribution < -0.4 is 5.32 Å². The van der Waals surface area contributed by atoms with E-state index in [4.69, 9.17) is 5.11 Å². The molecule has 0 radical (unpaired) electrons. The van der Waals surface area contributed by atoms with Crippen molar-refractivity contribution in [3.63, 3.8) is 0 Å². The summed E-state index contributed by atoms with van der Waals surface area (Å²) in [5, 5.41) is 21.3. The summed E-state index contributed by atoms with van der Waals surface area (Å²) in [6, 6.07) is 18.0. The minimum atomic E-state index is -0.742. The Morgan fingerprint density at radius 1 is 0.944 bits per heavy atom. The average molecular weight is 243 g/mol. The molecule has 1 atom stereocenters. The first-order chi connectivity index (χ1) is 8.81. The van der Waals surface area contributed by atoms with Crippen LogP contribution in [0.5, 0.6) is 0 Å². The second-order valence-electron chi connectivity index (χ2n) is 4.13. The van der Waals surface area contributed by atoms with Crippen molar-refractivity contribution in [3.05, 3.63) is 54.6 Å². The van der Waals surface area contributed by atoms with Crippen molar-refractivity contribution in [2.24, 2.45) is 0 Å². The van der Waals surface area contributed by atoms with Crippen LogP contribution >= 0.6 is 0 Å². The average Bonchev–Trinajstić information content (AvgIpc) is 2.46. The van der Waals surface area contributed by atoms with E-state index in [0.29, 0.717) is 6.54 Å². The Hall–Kier alpha value is -1.84. The van der Waals surface area contributed by atoms with Gasteiger partial charge in [0.2, 0.25) is 0 Å². The molecule has 18 heavy (non-hydrogen) atoms. The normalized spacial score (nSPS) is 12.1. The van der Waals surface area contributed by atoms with E-state index >= 15 is 0 Å². The van der Waals surface area contributed by atoms with E-state index in [1.54, 1.807) is 0 Å². The first-order valence-electron chi connectivity index (χ1n) is 5.98. The van der Waals surface area contributed by atoms with Gasteiger partial charge in [-0.1, -0.05) is 48.5 Å². The molecule has 0 bridgehead atoms. The van der Waals surface area contributed by atoms with Gasteiger partial charge >= 0.3 is 0 Å². The molecule has 0 aliphatic rings. The van der Waals surface area contributed by atoms with Crippen molar-refractivity contribution in [3.8, 4) is 11.1 Å². The summed E-state index contributed by atoms with van der Waals surface area (Å²) < 4.78 is 0. The van der Waals surface area contributed by atoms with Gasteiger partial charge in [-0.3, -0.25) is 0 Å². The van der Waals surface area contributed by atoms with Crippen LogP contribution in [0.2, 0.25) is 0 Å². The van der Waals surface area contributed by atoms with Crippen molar-refractivity contribution in [1.82, 2.24) is 0 Å². The van der Waals surface area contributed by atoms with Gasteiger partial charge in [0.05, 0.1) is 12.7 Å². The summed E-state index contributed by atoms with van der Waals surface area (Å²) in [4.78, 5) is 0. The number of benzene rings is 2. The molecule has 0 amide bonds. The first-order valence-corrected chi connectivity index (χ1v) is 5.98. The molecule has 2 rings (SSSR count). The van der Waals surface area contributed by atoms with Crippen LogP contribution in [0.15, 0.2) is 54.6 Å². The van der Waals surface area contributed by atoms with Gasteiger partial charge in [-0.2, -0.15) is 0 Å². The molecule has 3 heteroatoms. The Labute approximate surface area is 107 Å². The zero-order chi connectivity index (χ0) is 12.8. The summed E-state index contributed by atoms with van der Waals surface area (Å²) in [5.74, 6) is 0. The van der Waals surface area contributed by atoms with Crippen LogP contribution in [-0.2, 0) is 0 Å². The number of hydrogen-bond acceptors (Lipinski definition) is 3. The number of anilines is 1. The van der Waals surface area contributed by atoms with Gasteiger partial charge in [-0.05, 0) is 11.6 Å². The summed E-state index contributed by atoms with van der Waals surface area (Å²) >= 11 is 0. The fourth-order valence-corrected chi connectivity index (χ4v) is 1.80. The number of nitrogens with one attached hydrogen (secondary N) is 1. The zero-order valence-electron chi connectivity index (χ0n) is 10.1. The van der Waals surface area contributed by atoms with Crippen molar-refractivity contribution < 1.29 is 10.2 Å². The van der Waals surface area contributed by atoms with Gasteiger partial charge in [-0.25, -0.2) is 0 Å². The van der Waals surface area contributed by atoms with E-state index in [1.807, 2.05) is 54.6 Å². The number of rotatable bonds is 5. The predicted molar refractivity (Wildman–Crippen MR) is 73.5 cm³/mol. The predicted octanol–water partition coefficient (Wildman–Crippen LogP) is 2.12. The molecule has 2 aromatic carbocycles. The first kappa shape index (κ1) is 12.6. The minimum absolute atomic E-state index is 0.236. The lowest BCUT2D eigenvalue weighted by Gasteiger charge is -2.14. The third kappa shape index (κ3) is 3.09. The quantitative estimate of drug-likeness (QED) is 0.754. The second kappa shape index (κ2) is 6.19. The van der Waals surface area contributed by atoms with Crippen LogP contribution in [0.4, 0.5) is 5.69 Å². The molecular weight excluding hydrogens is 226 g/mol. The molecule has 0 saturated heterocycles. The van der Waals surface area contributed by atoms with Gasteiger partial charge in [0.15, 0.2) is 0 Å². The number of para-hydroxylation sites is 1. The molecule has 0 heterocycles. The highest BCUT2D eigenvalue weighted by Gasteiger charge is 2.06. The molecule has 3 nitrogen and oxygen atoms in total. The highest BCUT2D eigenvalue weighted by Crippen LogP contribution is 2.27. The highest BCUT2D eigenvalue weighted by atomic mass is 16.3. The zero-order valence-corrected chi connectivity index (χ0v) is 10.1. The summed E-state index contributed by atoms with van der Waals surface area (Å²) in [6.45, 7) is 0.0981. The molecule has 0 aromatic heterocycles. The Morgan fingerprint density at radius 3 is 2.33 bits per heavy atom. The van der Waals surface area contributed by atoms with E-state index in [2.05, 4.69) is 5.32 Å². The molecule has 0 aliphatic heterocycles. The molecule has 0 saturated carbocycles. The summed E-state index contributed by atoms with van der Waals surface area (Å²) in [5.41, 5.74) is 3.17. The maximum Gasteiger partial charge on any atom is 0.0942 e. The van der Waals surface area contributed by atoms with Gasteiger partial charge < -0.3 is 15.5 Å². The lowest BCUT2D eigenvalue weighted by molar-refractivity contribution is 0.105. The van der Waals surface area contributed by atoms with Crippen molar-refractivity contribution in [1.29, 1.82) is 0 Å². The Balaban J connectivity index is 2.21. The number of aliphatic hydroxyl groups is 2. The second-order valence-corrected chi connectivity index (χ2v) is 4.13. The minimum Gasteiger partial charge on any atom is -0.394 e. The SMILES string of the molecule is OCC(O)CNc1ccccc1-c1ccccc1. The van der Waals surface area contributed by atoms with E-state index in [-0.39, 0.29) is 6.61 Å². The fourth-order valence-electron chi connectivity index (χ4n) is 1.80. The van der Waals surface area contributed by atoms with Crippen molar-refractivity contribution in [2.75, 3.05) is 18.5 Å². The van der Waals surface area contributed by atoms with Crippen molar-refractivity contribution >= 4 is 5.69 Å². The standard InChI is InChI=1S/C15H17NO2/c17-11-13(18)10-16-15-9-5-4-8-14(15)12-6-2-1-3-7-12/h1-9,13,16-18H,10-11H2. The molecular formula is C15H17NO2. The highest BCUT2D eigenvalue weighted by molar-refractivity contribution is 5.77. The molecule has 0 aliphatic carbocycles. The lowest BCUT2D eigenvalue weighted by atomic mass is 10.0. The summed E-state index contributed by atoms with van der Waals surface area (Å²) in [7, 11) is 0. The van der Waals surface area contributed by atoms with Gasteiger partial charge in [0.1, 0.15) is 0 Å². The van der Waals surface area contributed by atoms with Gasteiger partial charge in [0.25, 0.3) is 0 Å². The Kier molecular flexibility index (Phi) is 4.34.